The summed E-state index contributed by atoms with van der Waals surface area (Å²) >= 11 is 0. The Hall–Kier alpha value is -2.08. The van der Waals surface area contributed by atoms with E-state index in [1.165, 1.54) is 16.3 Å². The second-order valence-electron chi connectivity index (χ2n) is 3.95. The first-order chi connectivity index (χ1) is 8.38. The average Bonchev–Trinajstić information content (AvgIpc) is 2.42. The van der Waals surface area contributed by atoms with Crippen LogP contribution in [-0.4, -0.2) is 0 Å². The summed E-state index contributed by atoms with van der Waals surface area (Å²) in [6.07, 6.45) is 0. The first-order valence-electron chi connectivity index (χ1n) is 5.82. The van der Waals surface area contributed by atoms with Crippen LogP contribution in [0.3, 0.4) is 0 Å². The molecule has 0 nitrogen and oxygen atoms in total. The van der Waals surface area contributed by atoms with E-state index in [0.29, 0.717) is 0 Å². The van der Waals surface area contributed by atoms with Crippen molar-refractivity contribution in [3.63, 3.8) is 0 Å². The Bertz CT molecular complexity index is 536. The van der Waals surface area contributed by atoms with Gasteiger partial charge in [-0.3, -0.25) is 0 Å². The molecule has 0 saturated heterocycles. The lowest BCUT2D eigenvalue weighted by Gasteiger charge is -1.98. The molecule has 3 aromatic carbocycles. The minimum absolute atomic E-state index is 1.33. The van der Waals surface area contributed by atoms with Crippen LogP contribution in [0.25, 0.3) is 10.8 Å². The summed E-state index contributed by atoms with van der Waals surface area (Å²) in [4.78, 5) is 0. The third-order valence-electron chi connectivity index (χ3n) is 2.67. The third-order valence-corrected chi connectivity index (χ3v) is 2.67. The SMILES string of the molecule is Cc1cccc2ccccc12.c1ccccc1. The van der Waals surface area contributed by atoms with Gasteiger partial charge in [-0.05, 0) is 23.3 Å². The first kappa shape index (κ1) is 11.4. The number of aryl methyl sites for hydroxylation is 1. The minimum Gasteiger partial charge on any atom is -0.0623 e. The van der Waals surface area contributed by atoms with Crippen LogP contribution < -0.4 is 0 Å². The predicted molar refractivity (Wildman–Crippen MR) is 75.1 cm³/mol. The Balaban J connectivity index is 0.000000153. The third kappa shape index (κ3) is 3.18. The Labute approximate surface area is 103 Å². The Morgan fingerprint density at radius 3 is 1.65 bits per heavy atom. The molecule has 0 aliphatic carbocycles. The van der Waals surface area contributed by atoms with Gasteiger partial charge in [-0.1, -0.05) is 78.9 Å². The lowest BCUT2D eigenvalue weighted by Crippen LogP contribution is -1.75. The van der Waals surface area contributed by atoms with E-state index in [1.807, 2.05) is 36.4 Å². The highest BCUT2D eigenvalue weighted by molar-refractivity contribution is 5.85. The normalized spacial score (nSPS) is 9.47. The molecule has 0 N–H and O–H groups in total. The van der Waals surface area contributed by atoms with Crippen molar-refractivity contribution in [2.45, 2.75) is 6.92 Å². The van der Waals surface area contributed by atoms with E-state index >= 15 is 0 Å². The van der Waals surface area contributed by atoms with Gasteiger partial charge in [0, 0.05) is 0 Å². The van der Waals surface area contributed by atoms with Crippen molar-refractivity contribution >= 4 is 10.8 Å². The topological polar surface area (TPSA) is 0 Å². The first-order valence-corrected chi connectivity index (χ1v) is 5.82. The van der Waals surface area contributed by atoms with Crippen LogP contribution in [0.15, 0.2) is 78.9 Å². The van der Waals surface area contributed by atoms with Gasteiger partial charge in [0.05, 0.1) is 0 Å². The maximum atomic E-state index is 2.16. The summed E-state index contributed by atoms with van der Waals surface area (Å²) in [5.74, 6) is 0. The van der Waals surface area contributed by atoms with Gasteiger partial charge in [-0.15, -0.1) is 0 Å². The fraction of sp³-hybridized carbons (Fsp3) is 0.0588. The van der Waals surface area contributed by atoms with Crippen molar-refractivity contribution < 1.29 is 0 Å². The molecular formula is C17H16. The zero-order chi connectivity index (χ0) is 11.9. The summed E-state index contributed by atoms with van der Waals surface area (Å²) in [5.41, 5.74) is 1.35. The molecule has 0 saturated carbocycles. The zero-order valence-electron chi connectivity index (χ0n) is 10.0. The smallest absolute Gasteiger partial charge is 0.0155 e. The van der Waals surface area contributed by atoms with Crippen molar-refractivity contribution in [2.75, 3.05) is 0 Å². The molecule has 0 unspecified atom stereocenters. The highest BCUT2D eigenvalue weighted by Crippen LogP contribution is 2.16. The lowest BCUT2D eigenvalue weighted by atomic mass is 10.1. The molecule has 0 bridgehead atoms. The minimum atomic E-state index is 1.33. The van der Waals surface area contributed by atoms with Gasteiger partial charge in [-0.25, -0.2) is 0 Å². The van der Waals surface area contributed by atoms with Crippen LogP contribution >= 0.6 is 0 Å². The molecule has 0 heteroatoms. The fourth-order valence-corrected chi connectivity index (χ4v) is 1.77. The van der Waals surface area contributed by atoms with Gasteiger partial charge < -0.3 is 0 Å². The molecule has 0 aliphatic rings. The molecule has 17 heavy (non-hydrogen) atoms. The van der Waals surface area contributed by atoms with Crippen LogP contribution in [-0.2, 0) is 0 Å². The Kier molecular flexibility index (Phi) is 3.93. The Morgan fingerprint density at radius 1 is 0.529 bits per heavy atom. The number of rotatable bonds is 0. The molecule has 0 heterocycles. The van der Waals surface area contributed by atoms with Gasteiger partial charge in [0.1, 0.15) is 0 Å². The Morgan fingerprint density at radius 2 is 1.06 bits per heavy atom. The van der Waals surface area contributed by atoms with Gasteiger partial charge in [0.2, 0.25) is 0 Å². The van der Waals surface area contributed by atoms with Gasteiger partial charge >= 0.3 is 0 Å². The zero-order valence-corrected chi connectivity index (χ0v) is 10.0. The average molecular weight is 220 g/mol. The second-order valence-corrected chi connectivity index (χ2v) is 3.95. The van der Waals surface area contributed by atoms with Crippen molar-refractivity contribution in [3.05, 3.63) is 84.4 Å². The molecular weight excluding hydrogens is 204 g/mol. The molecule has 0 radical (unpaired) electrons. The highest BCUT2D eigenvalue weighted by atomic mass is 14.0. The standard InChI is InChI=1S/C11H10.C6H6/c1-9-5-4-7-10-6-2-3-8-11(9)10;1-2-4-6-5-3-1/h2-8H,1H3;1-6H. The molecule has 0 aromatic heterocycles. The van der Waals surface area contributed by atoms with Crippen LogP contribution in [0.1, 0.15) is 5.56 Å². The molecule has 84 valence electrons. The molecule has 0 fully saturated rings. The van der Waals surface area contributed by atoms with Crippen molar-refractivity contribution in [1.82, 2.24) is 0 Å². The van der Waals surface area contributed by atoms with Gasteiger partial charge in [0.25, 0.3) is 0 Å². The lowest BCUT2D eigenvalue weighted by molar-refractivity contribution is 1.53. The molecule has 3 rings (SSSR count). The van der Waals surface area contributed by atoms with Crippen LogP contribution in [0.5, 0.6) is 0 Å². The fourth-order valence-electron chi connectivity index (χ4n) is 1.77. The maximum Gasteiger partial charge on any atom is -0.0155 e. The summed E-state index contributed by atoms with van der Waals surface area (Å²) in [6, 6.07) is 26.8. The summed E-state index contributed by atoms with van der Waals surface area (Å²) < 4.78 is 0. The summed E-state index contributed by atoms with van der Waals surface area (Å²) in [5, 5.41) is 2.68. The van der Waals surface area contributed by atoms with Crippen LogP contribution in [0.4, 0.5) is 0 Å². The van der Waals surface area contributed by atoms with E-state index < -0.39 is 0 Å². The van der Waals surface area contributed by atoms with Crippen molar-refractivity contribution in [3.8, 4) is 0 Å². The molecule has 0 spiro atoms. The van der Waals surface area contributed by atoms with E-state index in [4.69, 9.17) is 0 Å². The van der Waals surface area contributed by atoms with Crippen molar-refractivity contribution in [1.29, 1.82) is 0 Å². The van der Waals surface area contributed by atoms with Crippen molar-refractivity contribution in [2.24, 2.45) is 0 Å². The number of hydrogen-bond acceptors (Lipinski definition) is 0. The predicted octanol–water partition coefficient (Wildman–Crippen LogP) is 4.83. The van der Waals surface area contributed by atoms with E-state index in [2.05, 4.69) is 49.4 Å². The molecule has 0 amide bonds. The van der Waals surface area contributed by atoms with E-state index in [9.17, 15) is 0 Å². The highest BCUT2D eigenvalue weighted by Gasteiger charge is 1.92. The monoisotopic (exact) mass is 220 g/mol. The quantitative estimate of drug-likeness (QED) is 0.509. The summed E-state index contributed by atoms with van der Waals surface area (Å²) in [6.45, 7) is 2.14. The second kappa shape index (κ2) is 5.86. The van der Waals surface area contributed by atoms with E-state index in [-0.39, 0.29) is 0 Å². The maximum absolute atomic E-state index is 2.16. The van der Waals surface area contributed by atoms with Crippen LogP contribution in [0, 0.1) is 6.92 Å². The van der Waals surface area contributed by atoms with Gasteiger partial charge in [-0.2, -0.15) is 0 Å². The van der Waals surface area contributed by atoms with Crippen LogP contribution in [0.2, 0.25) is 0 Å². The number of fused-ring (bicyclic) bond motifs is 1. The number of benzene rings is 3. The van der Waals surface area contributed by atoms with E-state index in [0.717, 1.165) is 0 Å². The number of hydrogen-bond donors (Lipinski definition) is 0. The largest absolute Gasteiger partial charge is 0.0623 e. The molecule has 0 aliphatic heterocycles. The molecule has 0 atom stereocenters. The summed E-state index contributed by atoms with van der Waals surface area (Å²) in [7, 11) is 0. The van der Waals surface area contributed by atoms with E-state index in [1.54, 1.807) is 0 Å². The van der Waals surface area contributed by atoms with Gasteiger partial charge in [0.15, 0.2) is 0 Å². The molecule has 3 aromatic rings.